The van der Waals surface area contributed by atoms with Crippen LogP contribution in [0.2, 0.25) is 0 Å². The lowest BCUT2D eigenvalue weighted by Gasteiger charge is -2.25. The first-order valence-corrected chi connectivity index (χ1v) is 28.7. The van der Waals surface area contributed by atoms with Crippen LogP contribution in [0.4, 0.5) is 0 Å². The number of aliphatic hydroxyl groups is 1. The topological polar surface area (TPSA) is 105 Å². The van der Waals surface area contributed by atoms with Crippen LogP contribution in [0.5, 0.6) is 0 Å². The number of rotatable bonds is 50. The Bertz CT molecular complexity index is 1080. The van der Waals surface area contributed by atoms with Crippen LogP contribution in [0.3, 0.4) is 0 Å². The van der Waals surface area contributed by atoms with Crippen LogP contribution in [0, 0.1) is 0 Å². The summed E-state index contributed by atoms with van der Waals surface area (Å²) in [5.41, 5.74) is 0. The van der Waals surface area contributed by atoms with Crippen LogP contribution < -0.4 is 5.32 Å². The van der Waals surface area contributed by atoms with E-state index in [0.717, 1.165) is 38.5 Å². The van der Waals surface area contributed by atoms with Gasteiger partial charge in [0.05, 0.1) is 39.9 Å². The van der Waals surface area contributed by atoms with E-state index in [1.807, 2.05) is 27.2 Å². The number of nitrogens with one attached hydrogen (secondary N) is 1. The quantitative estimate of drug-likeness (QED) is 0.0243. The lowest BCUT2D eigenvalue weighted by molar-refractivity contribution is -0.870. The third kappa shape index (κ3) is 48.7. The highest BCUT2D eigenvalue weighted by Crippen LogP contribution is 2.43. The van der Waals surface area contributed by atoms with Crippen molar-refractivity contribution in [1.82, 2.24) is 5.32 Å². The zero-order valence-electron chi connectivity index (χ0n) is 42.6. The van der Waals surface area contributed by atoms with Crippen molar-refractivity contribution >= 4 is 13.7 Å². The Morgan fingerprint density at radius 3 is 1.22 bits per heavy atom. The Hall–Kier alpha value is -1.02. The number of aliphatic hydroxyl groups excluding tert-OH is 1. The minimum Gasteiger partial charge on any atom is -0.387 e. The molecule has 9 heteroatoms. The molecule has 1 amide bonds. The van der Waals surface area contributed by atoms with Crippen LogP contribution in [0.25, 0.3) is 0 Å². The molecular formula is C54H108N2O6P+. The summed E-state index contributed by atoms with van der Waals surface area (Å²) in [5.74, 6) is -0.178. The molecule has 0 aromatic rings. The molecule has 63 heavy (non-hydrogen) atoms. The molecule has 0 aliphatic rings. The summed E-state index contributed by atoms with van der Waals surface area (Å²) in [5, 5.41) is 13.9. The molecule has 0 saturated heterocycles. The van der Waals surface area contributed by atoms with E-state index in [1.165, 1.54) is 205 Å². The SMILES string of the molecule is CCCCCCCCC/C=C\CCCCCCCCCC(=O)NC(COP(=O)(O)OCC[N+](C)(C)C)C(O)/C=C/CCCCCCCCCCCCCCCCCCCCCCC. The minimum atomic E-state index is -4.34. The van der Waals surface area contributed by atoms with Gasteiger partial charge >= 0.3 is 7.82 Å². The number of carbonyl (C=O) groups is 1. The van der Waals surface area contributed by atoms with E-state index in [0.29, 0.717) is 17.4 Å². The number of carbonyl (C=O) groups excluding carboxylic acids is 1. The predicted octanol–water partition coefficient (Wildman–Crippen LogP) is 16.0. The van der Waals surface area contributed by atoms with E-state index in [4.69, 9.17) is 9.05 Å². The zero-order chi connectivity index (χ0) is 46.4. The Labute approximate surface area is 392 Å². The fraction of sp³-hybridized carbons (Fsp3) is 0.907. The third-order valence-corrected chi connectivity index (χ3v) is 13.4. The molecule has 0 spiro atoms. The van der Waals surface area contributed by atoms with E-state index >= 15 is 0 Å². The first kappa shape index (κ1) is 62.0. The Morgan fingerprint density at radius 1 is 0.524 bits per heavy atom. The molecule has 3 atom stereocenters. The van der Waals surface area contributed by atoms with Crippen LogP contribution in [0.1, 0.15) is 264 Å². The van der Waals surface area contributed by atoms with Gasteiger partial charge in [-0.3, -0.25) is 13.8 Å². The van der Waals surface area contributed by atoms with Gasteiger partial charge in [0.2, 0.25) is 5.91 Å². The largest absolute Gasteiger partial charge is 0.472 e. The molecule has 0 aromatic carbocycles. The summed E-state index contributed by atoms with van der Waals surface area (Å²) in [6.45, 7) is 4.84. The fourth-order valence-corrected chi connectivity index (χ4v) is 8.83. The molecule has 0 rings (SSSR count). The zero-order valence-corrected chi connectivity index (χ0v) is 43.5. The van der Waals surface area contributed by atoms with Crippen molar-refractivity contribution in [3.05, 3.63) is 24.3 Å². The van der Waals surface area contributed by atoms with Crippen molar-refractivity contribution in [2.45, 2.75) is 276 Å². The smallest absolute Gasteiger partial charge is 0.387 e. The summed E-state index contributed by atoms with van der Waals surface area (Å²) >= 11 is 0. The maximum Gasteiger partial charge on any atom is 0.472 e. The molecule has 0 heterocycles. The number of phosphoric acid groups is 1. The molecule has 3 N–H and O–H groups in total. The minimum absolute atomic E-state index is 0.0622. The van der Waals surface area contributed by atoms with Crippen molar-refractivity contribution < 1.29 is 32.9 Å². The average Bonchev–Trinajstić information content (AvgIpc) is 3.24. The summed E-state index contributed by atoms with van der Waals surface area (Å²) in [6, 6.07) is -0.847. The van der Waals surface area contributed by atoms with E-state index < -0.39 is 20.0 Å². The highest BCUT2D eigenvalue weighted by atomic mass is 31.2. The van der Waals surface area contributed by atoms with Gasteiger partial charge in [0.15, 0.2) is 0 Å². The molecule has 0 fully saturated rings. The molecule has 0 bridgehead atoms. The predicted molar refractivity (Wildman–Crippen MR) is 272 cm³/mol. The number of nitrogens with zero attached hydrogens (tertiary/aromatic N) is 1. The number of quaternary nitrogens is 1. The van der Waals surface area contributed by atoms with E-state index in [2.05, 4.69) is 31.3 Å². The summed E-state index contributed by atoms with van der Waals surface area (Å²) in [4.78, 5) is 23.2. The first-order chi connectivity index (χ1) is 30.5. The number of hydrogen-bond acceptors (Lipinski definition) is 5. The normalized spacial score (nSPS) is 14.2. The summed E-state index contributed by atoms with van der Waals surface area (Å²) in [6.07, 6.45) is 56.9. The van der Waals surface area contributed by atoms with Crippen molar-refractivity contribution in [3.8, 4) is 0 Å². The monoisotopic (exact) mass is 912 g/mol. The van der Waals surface area contributed by atoms with Crippen molar-refractivity contribution in [2.24, 2.45) is 0 Å². The molecule has 0 radical (unpaired) electrons. The molecule has 0 aliphatic heterocycles. The number of phosphoric ester groups is 1. The molecule has 374 valence electrons. The number of likely N-dealkylation sites (N-methyl/N-ethyl adjacent to an activating group) is 1. The van der Waals surface area contributed by atoms with Gasteiger partial charge in [-0.15, -0.1) is 0 Å². The maximum atomic E-state index is 12.9. The molecule has 3 unspecified atom stereocenters. The molecule has 0 aromatic heterocycles. The van der Waals surface area contributed by atoms with E-state index in [-0.39, 0.29) is 19.1 Å². The molecule has 0 aliphatic carbocycles. The average molecular weight is 912 g/mol. The van der Waals surface area contributed by atoms with E-state index in [1.54, 1.807) is 6.08 Å². The van der Waals surface area contributed by atoms with Gasteiger partial charge in [0, 0.05) is 6.42 Å². The van der Waals surface area contributed by atoms with Crippen LogP contribution in [0.15, 0.2) is 24.3 Å². The van der Waals surface area contributed by atoms with Crippen LogP contribution in [-0.2, 0) is 18.4 Å². The number of allylic oxidation sites excluding steroid dienone is 3. The first-order valence-electron chi connectivity index (χ1n) is 27.2. The van der Waals surface area contributed by atoms with Gasteiger partial charge in [0.25, 0.3) is 0 Å². The highest BCUT2D eigenvalue weighted by Gasteiger charge is 2.27. The molecule has 0 saturated carbocycles. The van der Waals surface area contributed by atoms with Crippen molar-refractivity contribution in [1.29, 1.82) is 0 Å². The third-order valence-electron chi connectivity index (χ3n) is 12.4. The Morgan fingerprint density at radius 2 is 0.857 bits per heavy atom. The lowest BCUT2D eigenvalue weighted by atomic mass is 10.0. The number of amides is 1. The standard InChI is InChI=1S/C54H107N2O6P/c1-6-8-10-12-14-16-18-20-22-24-26-27-28-29-30-31-33-35-37-39-41-43-45-47-53(57)52(51-62-63(59,60)61-50-49-56(3,4)5)55-54(58)48-46-44-42-40-38-36-34-32-25-23-21-19-17-15-13-11-9-7-2/h23,25,45,47,52-53,57H,6-22,24,26-44,46,48-51H2,1-5H3,(H-,55,58,59,60)/p+1/b25-23-,47-45+. The highest BCUT2D eigenvalue weighted by molar-refractivity contribution is 7.47. The number of unbranched alkanes of at least 4 members (excludes halogenated alkanes) is 35. The van der Waals surface area contributed by atoms with E-state index in [9.17, 15) is 19.4 Å². The van der Waals surface area contributed by atoms with Gasteiger partial charge in [-0.2, -0.15) is 0 Å². The maximum absolute atomic E-state index is 12.9. The van der Waals surface area contributed by atoms with Gasteiger partial charge in [-0.25, -0.2) is 4.57 Å². The van der Waals surface area contributed by atoms with Gasteiger partial charge < -0.3 is 19.8 Å². The summed E-state index contributed by atoms with van der Waals surface area (Å²) < 4.78 is 23.7. The van der Waals surface area contributed by atoms with Gasteiger partial charge in [-0.1, -0.05) is 237 Å². The van der Waals surface area contributed by atoms with Gasteiger partial charge in [-0.05, 0) is 44.9 Å². The van der Waals surface area contributed by atoms with Crippen molar-refractivity contribution in [2.75, 3.05) is 40.9 Å². The number of hydrogen-bond donors (Lipinski definition) is 3. The lowest BCUT2D eigenvalue weighted by Crippen LogP contribution is -2.45. The van der Waals surface area contributed by atoms with Gasteiger partial charge in [0.1, 0.15) is 13.2 Å². The molecule has 8 nitrogen and oxygen atoms in total. The fourth-order valence-electron chi connectivity index (χ4n) is 8.10. The second-order valence-electron chi connectivity index (χ2n) is 20.0. The summed E-state index contributed by atoms with van der Waals surface area (Å²) in [7, 11) is 1.58. The Kier molecular flexibility index (Phi) is 45.4. The second kappa shape index (κ2) is 46.1. The molecular weight excluding hydrogens is 804 g/mol. The van der Waals surface area contributed by atoms with Crippen LogP contribution in [-0.4, -0.2) is 73.4 Å². The van der Waals surface area contributed by atoms with Crippen LogP contribution >= 0.6 is 7.82 Å². The van der Waals surface area contributed by atoms with Crippen molar-refractivity contribution in [3.63, 3.8) is 0 Å². The second-order valence-corrected chi connectivity index (χ2v) is 21.4. The Balaban J connectivity index is 4.25.